The summed E-state index contributed by atoms with van der Waals surface area (Å²) in [6.07, 6.45) is 7.37. The molecule has 0 spiro atoms. The number of fused-ring (bicyclic) bond motifs is 5. The minimum atomic E-state index is -0.262. The third-order valence-corrected chi connectivity index (χ3v) is 5.04. The molecule has 1 aromatic heterocycles. The Morgan fingerprint density at radius 2 is 2.00 bits per heavy atom. The smallest absolute Gasteiger partial charge is 0.0960 e. The third-order valence-electron chi connectivity index (χ3n) is 5.04. The van der Waals surface area contributed by atoms with Crippen molar-refractivity contribution >= 4 is 0 Å². The molecule has 0 aromatic carbocycles. The highest BCUT2D eigenvalue weighted by Crippen LogP contribution is 2.72. The van der Waals surface area contributed by atoms with Crippen LogP contribution in [0.15, 0.2) is 23.0 Å². The predicted octanol–water partition coefficient (Wildman–Crippen LogP) is 2.61. The van der Waals surface area contributed by atoms with E-state index in [0.29, 0.717) is 5.92 Å². The fraction of sp³-hybridized carbons (Fsp3) is 0.692. The molecular weight excluding hydrogens is 188 g/mol. The number of aliphatic hydroxyl groups is 1. The maximum absolute atomic E-state index is 10.3. The van der Waals surface area contributed by atoms with Gasteiger partial charge in [-0.1, -0.05) is 0 Å². The Morgan fingerprint density at radius 3 is 2.60 bits per heavy atom. The Kier molecular flexibility index (Phi) is 1.50. The summed E-state index contributed by atoms with van der Waals surface area (Å²) in [5, 5.41) is 10.3. The van der Waals surface area contributed by atoms with E-state index < -0.39 is 0 Å². The van der Waals surface area contributed by atoms with Crippen LogP contribution in [0.2, 0.25) is 0 Å². The molecule has 2 nitrogen and oxygen atoms in total. The summed E-state index contributed by atoms with van der Waals surface area (Å²) in [7, 11) is 0. The van der Waals surface area contributed by atoms with Crippen molar-refractivity contribution in [2.45, 2.75) is 25.4 Å². The Morgan fingerprint density at radius 1 is 1.27 bits per heavy atom. The van der Waals surface area contributed by atoms with E-state index in [0.717, 1.165) is 29.2 Å². The zero-order chi connectivity index (χ0) is 9.99. The third kappa shape index (κ3) is 0.984. The molecule has 1 N–H and O–H groups in total. The lowest BCUT2D eigenvalue weighted by atomic mass is 9.96. The lowest BCUT2D eigenvalue weighted by Gasteiger charge is -2.13. The lowest BCUT2D eigenvalue weighted by molar-refractivity contribution is 0.129. The fourth-order valence-corrected chi connectivity index (χ4v) is 4.48. The highest BCUT2D eigenvalue weighted by molar-refractivity contribution is 5.21. The summed E-state index contributed by atoms with van der Waals surface area (Å²) >= 11 is 0. The minimum Gasteiger partial charge on any atom is -0.472 e. The molecule has 3 saturated carbocycles. The molecule has 1 aromatic rings. The molecule has 0 amide bonds. The summed E-state index contributed by atoms with van der Waals surface area (Å²) in [6, 6.07) is 1.90. The SMILES string of the molecule is OC(c1ccoc1)C1C2C3CCC(C3)C21. The second-order valence-electron chi connectivity index (χ2n) is 5.57. The Hall–Kier alpha value is -0.760. The lowest BCUT2D eigenvalue weighted by Crippen LogP contribution is -2.07. The van der Waals surface area contributed by atoms with Crippen LogP contribution in [0, 0.1) is 29.6 Å². The van der Waals surface area contributed by atoms with Crippen molar-refractivity contribution in [2.75, 3.05) is 0 Å². The largest absolute Gasteiger partial charge is 0.472 e. The molecule has 2 bridgehead atoms. The molecule has 2 heteroatoms. The van der Waals surface area contributed by atoms with E-state index in [4.69, 9.17) is 4.42 Å². The molecular formula is C13H16O2. The van der Waals surface area contributed by atoms with E-state index in [9.17, 15) is 5.11 Å². The van der Waals surface area contributed by atoms with Crippen LogP contribution in [-0.4, -0.2) is 5.11 Å². The summed E-state index contributed by atoms with van der Waals surface area (Å²) in [5.41, 5.74) is 0.980. The van der Waals surface area contributed by atoms with Gasteiger partial charge in [0.15, 0.2) is 0 Å². The van der Waals surface area contributed by atoms with Gasteiger partial charge >= 0.3 is 0 Å². The van der Waals surface area contributed by atoms with Crippen LogP contribution >= 0.6 is 0 Å². The molecule has 4 rings (SSSR count). The van der Waals surface area contributed by atoms with Gasteiger partial charge in [-0.25, -0.2) is 0 Å². The van der Waals surface area contributed by atoms with Crippen molar-refractivity contribution in [1.82, 2.24) is 0 Å². The van der Waals surface area contributed by atoms with Gasteiger partial charge in [-0.15, -0.1) is 0 Å². The maximum Gasteiger partial charge on any atom is 0.0960 e. The van der Waals surface area contributed by atoms with Gasteiger partial charge in [-0.05, 0) is 54.9 Å². The van der Waals surface area contributed by atoms with Crippen LogP contribution in [0.4, 0.5) is 0 Å². The molecule has 5 atom stereocenters. The molecule has 3 aliphatic rings. The van der Waals surface area contributed by atoms with Gasteiger partial charge in [0.05, 0.1) is 18.6 Å². The van der Waals surface area contributed by atoms with E-state index in [1.165, 1.54) is 19.3 Å². The van der Waals surface area contributed by atoms with Crippen molar-refractivity contribution in [1.29, 1.82) is 0 Å². The van der Waals surface area contributed by atoms with Crippen LogP contribution in [0.1, 0.15) is 30.9 Å². The number of aliphatic hydroxyl groups excluding tert-OH is 1. The summed E-state index contributed by atoms with van der Waals surface area (Å²) in [6.45, 7) is 0. The first-order valence-corrected chi connectivity index (χ1v) is 6.06. The molecule has 3 fully saturated rings. The first-order chi connectivity index (χ1) is 7.36. The van der Waals surface area contributed by atoms with Gasteiger partial charge in [-0.3, -0.25) is 0 Å². The van der Waals surface area contributed by atoms with Crippen molar-refractivity contribution in [3.05, 3.63) is 24.2 Å². The summed E-state index contributed by atoms with van der Waals surface area (Å²) in [4.78, 5) is 0. The molecule has 5 unspecified atom stereocenters. The molecule has 0 radical (unpaired) electrons. The van der Waals surface area contributed by atoms with Crippen LogP contribution in [0.5, 0.6) is 0 Å². The first-order valence-electron chi connectivity index (χ1n) is 6.06. The summed E-state index contributed by atoms with van der Waals surface area (Å²) < 4.78 is 5.05. The van der Waals surface area contributed by atoms with Gasteiger partial charge < -0.3 is 9.52 Å². The second-order valence-corrected chi connectivity index (χ2v) is 5.57. The average molecular weight is 204 g/mol. The van der Waals surface area contributed by atoms with E-state index in [1.807, 2.05) is 6.07 Å². The zero-order valence-electron chi connectivity index (χ0n) is 8.67. The summed E-state index contributed by atoms with van der Waals surface area (Å²) in [5.74, 6) is 4.11. The first kappa shape index (κ1) is 8.40. The van der Waals surface area contributed by atoms with Crippen LogP contribution in [-0.2, 0) is 0 Å². The van der Waals surface area contributed by atoms with Crippen LogP contribution < -0.4 is 0 Å². The topological polar surface area (TPSA) is 33.4 Å². The van der Waals surface area contributed by atoms with E-state index in [-0.39, 0.29) is 6.10 Å². The van der Waals surface area contributed by atoms with Crippen LogP contribution in [0.3, 0.4) is 0 Å². The number of hydrogen-bond donors (Lipinski definition) is 1. The van der Waals surface area contributed by atoms with E-state index in [2.05, 4.69) is 0 Å². The Bertz CT molecular complexity index is 354. The van der Waals surface area contributed by atoms with Gasteiger partial charge in [0.2, 0.25) is 0 Å². The van der Waals surface area contributed by atoms with Crippen molar-refractivity contribution < 1.29 is 9.52 Å². The highest BCUT2D eigenvalue weighted by Gasteiger charge is 2.66. The standard InChI is InChI=1S/C13H16O2/c14-13(9-3-4-15-6-9)12-10-7-1-2-8(5-7)11(10)12/h3-4,6-8,10-14H,1-2,5H2. The van der Waals surface area contributed by atoms with Crippen LogP contribution in [0.25, 0.3) is 0 Å². The minimum absolute atomic E-state index is 0.262. The number of furan rings is 1. The fourth-order valence-electron chi connectivity index (χ4n) is 4.48. The quantitative estimate of drug-likeness (QED) is 0.803. The molecule has 15 heavy (non-hydrogen) atoms. The predicted molar refractivity (Wildman–Crippen MR) is 55.0 cm³/mol. The van der Waals surface area contributed by atoms with Gasteiger partial charge in [0.1, 0.15) is 0 Å². The molecule has 3 aliphatic carbocycles. The van der Waals surface area contributed by atoms with Gasteiger partial charge in [0, 0.05) is 5.56 Å². The number of hydrogen-bond acceptors (Lipinski definition) is 2. The molecule has 80 valence electrons. The monoisotopic (exact) mass is 204 g/mol. The molecule has 0 saturated heterocycles. The zero-order valence-corrected chi connectivity index (χ0v) is 8.67. The maximum atomic E-state index is 10.3. The van der Waals surface area contributed by atoms with E-state index in [1.54, 1.807) is 12.5 Å². The van der Waals surface area contributed by atoms with Gasteiger partial charge in [-0.2, -0.15) is 0 Å². The van der Waals surface area contributed by atoms with Gasteiger partial charge in [0.25, 0.3) is 0 Å². The Labute approximate surface area is 89.3 Å². The average Bonchev–Trinajstić information content (AvgIpc) is 2.70. The highest BCUT2D eigenvalue weighted by atomic mass is 16.3. The van der Waals surface area contributed by atoms with E-state index >= 15 is 0 Å². The van der Waals surface area contributed by atoms with Crippen molar-refractivity contribution in [3.63, 3.8) is 0 Å². The number of rotatable bonds is 2. The second kappa shape index (κ2) is 2.67. The van der Waals surface area contributed by atoms with Crippen molar-refractivity contribution in [2.24, 2.45) is 29.6 Å². The Balaban J connectivity index is 1.58. The molecule has 1 heterocycles. The molecule has 0 aliphatic heterocycles. The normalized spacial score (nSPS) is 47.9. The van der Waals surface area contributed by atoms with Crippen molar-refractivity contribution in [3.8, 4) is 0 Å².